The summed E-state index contributed by atoms with van der Waals surface area (Å²) in [5.41, 5.74) is 5.94. The van der Waals surface area contributed by atoms with E-state index in [1.165, 1.54) is 0 Å². The maximum Gasteiger partial charge on any atom is 0.246 e. The molecule has 1 rings (SSSR count). The van der Waals surface area contributed by atoms with Gasteiger partial charge in [-0.1, -0.05) is 30.3 Å². The van der Waals surface area contributed by atoms with E-state index in [9.17, 15) is 4.79 Å². The van der Waals surface area contributed by atoms with Gasteiger partial charge in [-0.15, -0.1) is 0 Å². The molecule has 17 heavy (non-hydrogen) atoms. The summed E-state index contributed by atoms with van der Waals surface area (Å²) in [6.07, 6.45) is 0. The topological polar surface area (TPSA) is 55.6 Å². The average molecular weight is 236 g/mol. The third kappa shape index (κ3) is 3.28. The Balaban J connectivity index is 2.80. The molecular weight excluding hydrogens is 216 g/mol. The number of carbonyl (C=O) groups excluding carboxylic acids is 1. The number of rotatable bonds is 5. The van der Waals surface area contributed by atoms with Gasteiger partial charge in [-0.25, -0.2) is 0 Å². The van der Waals surface area contributed by atoms with Gasteiger partial charge in [-0.3, -0.25) is 4.79 Å². The molecule has 0 fully saturated rings. The first-order chi connectivity index (χ1) is 8.00. The first kappa shape index (κ1) is 13.7. The first-order valence-electron chi connectivity index (χ1n) is 5.59. The van der Waals surface area contributed by atoms with Crippen LogP contribution < -0.4 is 5.73 Å². The maximum atomic E-state index is 12.2. The summed E-state index contributed by atoms with van der Waals surface area (Å²) in [4.78, 5) is 13.8. The zero-order valence-corrected chi connectivity index (χ0v) is 10.6. The maximum absolute atomic E-state index is 12.2. The van der Waals surface area contributed by atoms with Crippen molar-refractivity contribution in [2.45, 2.75) is 12.5 Å². The molecule has 0 saturated carbocycles. The third-order valence-electron chi connectivity index (χ3n) is 2.80. The molecule has 0 aliphatic heterocycles. The second-order valence-corrected chi connectivity index (χ2v) is 4.29. The highest BCUT2D eigenvalue weighted by molar-refractivity contribution is 5.86. The summed E-state index contributed by atoms with van der Waals surface area (Å²) in [7, 11) is 3.34. The van der Waals surface area contributed by atoms with Crippen LogP contribution in [0, 0.1) is 0 Å². The highest BCUT2D eigenvalue weighted by Crippen LogP contribution is 2.19. The Hall–Kier alpha value is -1.39. The van der Waals surface area contributed by atoms with Crippen molar-refractivity contribution in [1.82, 2.24) is 4.90 Å². The number of nitrogens with zero attached hydrogens (tertiary/aromatic N) is 1. The van der Waals surface area contributed by atoms with E-state index in [-0.39, 0.29) is 5.91 Å². The highest BCUT2D eigenvalue weighted by atomic mass is 16.5. The van der Waals surface area contributed by atoms with Crippen molar-refractivity contribution in [3.8, 4) is 0 Å². The van der Waals surface area contributed by atoms with E-state index in [1.807, 2.05) is 30.3 Å². The Kier molecular flexibility index (Phi) is 4.66. The molecule has 0 aliphatic rings. The zero-order chi connectivity index (χ0) is 12.9. The Morgan fingerprint density at radius 2 is 2.00 bits per heavy atom. The molecule has 0 aromatic heterocycles. The van der Waals surface area contributed by atoms with Gasteiger partial charge in [-0.05, 0) is 12.5 Å². The zero-order valence-electron chi connectivity index (χ0n) is 10.6. The van der Waals surface area contributed by atoms with Crippen LogP contribution in [-0.4, -0.2) is 38.1 Å². The minimum Gasteiger partial charge on any atom is -0.383 e. The molecule has 0 bridgehead atoms. The van der Waals surface area contributed by atoms with E-state index >= 15 is 0 Å². The van der Waals surface area contributed by atoms with Crippen molar-refractivity contribution in [1.29, 1.82) is 0 Å². The molecule has 0 radical (unpaired) electrons. The van der Waals surface area contributed by atoms with Crippen molar-refractivity contribution in [3.05, 3.63) is 35.9 Å². The van der Waals surface area contributed by atoms with E-state index in [2.05, 4.69) is 0 Å². The number of hydrogen-bond acceptors (Lipinski definition) is 3. The smallest absolute Gasteiger partial charge is 0.246 e. The van der Waals surface area contributed by atoms with Crippen LogP contribution in [0.5, 0.6) is 0 Å². The SMILES string of the molecule is COCCN(C)C(=O)C(C)(N)c1ccccc1. The third-order valence-corrected chi connectivity index (χ3v) is 2.80. The molecule has 1 aromatic carbocycles. The van der Waals surface area contributed by atoms with Crippen LogP contribution in [0.15, 0.2) is 30.3 Å². The Morgan fingerprint density at radius 1 is 1.41 bits per heavy atom. The quantitative estimate of drug-likeness (QED) is 0.828. The number of nitrogens with two attached hydrogens (primary N) is 1. The normalized spacial score (nSPS) is 14.1. The van der Waals surface area contributed by atoms with Crippen molar-refractivity contribution >= 4 is 5.91 Å². The van der Waals surface area contributed by atoms with Crippen LogP contribution in [0.1, 0.15) is 12.5 Å². The van der Waals surface area contributed by atoms with Crippen LogP contribution in [0.25, 0.3) is 0 Å². The summed E-state index contributed by atoms with van der Waals surface area (Å²) in [5.74, 6) is -0.110. The van der Waals surface area contributed by atoms with Crippen molar-refractivity contribution < 1.29 is 9.53 Å². The number of carbonyl (C=O) groups is 1. The van der Waals surface area contributed by atoms with Gasteiger partial charge in [0.2, 0.25) is 5.91 Å². The predicted octanol–water partition coefficient (Wildman–Crippen LogP) is 0.965. The lowest BCUT2D eigenvalue weighted by atomic mass is 9.92. The van der Waals surface area contributed by atoms with Gasteiger partial charge in [0.05, 0.1) is 6.61 Å². The van der Waals surface area contributed by atoms with E-state index in [0.29, 0.717) is 13.2 Å². The standard InChI is InChI=1S/C13H20N2O2/c1-13(14,11-7-5-4-6-8-11)12(16)15(2)9-10-17-3/h4-8H,9-10,14H2,1-3H3. The minimum absolute atomic E-state index is 0.110. The van der Waals surface area contributed by atoms with E-state index in [4.69, 9.17) is 10.5 Å². The minimum atomic E-state index is -0.996. The second-order valence-electron chi connectivity index (χ2n) is 4.29. The number of methoxy groups -OCH3 is 1. The molecule has 0 aliphatic carbocycles. The van der Waals surface area contributed by atoms with E-state index in [1.54, 1.807) is 26.0 Å². The number of hydrogen-bond donors (Lipinski definition) is 1. The average Bonchev–Trinajstić information content (AvgIpc) is 2.36. The van der Waals surface area contributed by atoms with E-state index in [0.717, 1.165) is 5.56 Å². The van der Waals surface area contributed by atoms with Crippen molar-refractivity contribution in [3.63, 3.8) is 0 Å². The second kappa shape index (κ2) is 5.80. The summed E-state index contributed by atoms with van der Waals surface area (Å²) >= 11 is 0. The lowest BCUT2D eigenvalue weighted by molar-refractivity contribution is -0.136. The van der Waals surface area contributed by atoms with Gasteiger partial charge < -0.3 is 15.4 Å². The molecule has 0 spiro atoms. The number of benzene rings is 1. The number of amides is 1. The molecular formula is C13H20N2O2. The number of likely N-dealkylation sites (N-methyl/N-ethyl adjacent to an activating group) is 1. The van der Waals surface area contributed by atoms with Crippen LogP contribution in [0.4, 0.5) is 0 Å². The molecule has 1 amide bonds. The molecule has 0 heterocycles. The summed E-state index contributed by atoms with van der Waals surface area (Å²) in [6.45, 7) is 2.77. The van der Waals surface area contributed by atoms with E-state index < -0.39 is 5.54 Å². The Labute approximate surface area is 102 Å². The largest absolute Gasteiger partial charge is 0.383 e. The van der Waals surface area contributed by atoms with Gasteiger partial charge in [0.1, 0.15) is 5.54 Å². The van der Waals surface area contributed by atoms with Gasteiger partial charge in [0, 0.05) is 20.7 Å². The van der Waals surface area contributed by atoms with Gasteiger partial charge >= 0.3 is 0 Å². The molecule has 4 heteroatoms. The Bertz CT molecular complexity index is 363. The Morgan fingerprint density at radius 3 is 2.53 bits per heavy atom. The predicted molar refractivity (Wildman–Crippen MR) is 67.5 cm³/mol. The van der Waals surface area contributed by atoms with Crippen LogP contribution in [-0.2, 0) is 15.1 Å². The summed E-state index contributed by atoms with van der Waals surface area (Å²) in [6, 6.07) is 9.38. The molecule has 94 valence electrons. The van der Waals surface area contributed by atoms with Crippen LogP contribution >= 0.6 is 0 Å². The molecule has 1 atom stereocenters. The van der Waals surface area contributed by atoms with Crippen molar-refractivity contribution in [2.24, 2.45) is 5.73 Å². The summed E-state index contributed by atoms with van der Waals surface area (Å²) < 4.78 is 4.95. The molecule has 1 aromatic rings. The monoisotopic (exact) mass is 236 g/mol. The lowest BCUT2D eigenvalue weighted by Crippen LogP contribution is -2.50. The van der Waals surface area contributed by atoms with Gasteiger partial charge in [0.15, 0.2) is 0 Å². The fourth-order valence-electron chi connectivity index (χ4n) is 1.63. The van der Waals surface area contributed by atoms with Crippen LogP contribution in [0.3, 0.4) is 0 Å². The number of ether oxygens (including phenoxy) is 1. The van der Waals surface area contributed by atoms with Gasteiger partial charge in [0.25, 0.3) is 0 Å². The van der Waals surface area contributed by atoms with Crippen molar-refractivity contribution in [2.75, 3.05) is 27.3 Å². The van der Waals surface area contributed by atoms with Crippen LogP contribution in [0.2, 0.25) is 0 Å². The lowest BCUT2D eigenvalue weighted by Gasteiger charge is -2.29. The highest BCUT2D eigenvalue weighted by Gasteiger charge is 2.32. The molecule has 4 nitrogen and oxygen atoms in total. The molecule has 0 saturated heterocycles. The fourth-order valence-corrected chi connectivity index (χ4v) is 1.63. The first-order valence-corrected chi connectivity index (χ1v) is 5.59. The molecule has 2 N–H and O–H groups in total. The molecule has 1 unspecified atom stereocenters. The summed E-state index contributed by atoms with van der Waals surface area (Å²) in [5, 5.41) is 0. The van der Waals surface area contributed by atoms with Gasteiger partial charge in [-0.2, -0.15) is 0 Å². The fraction of sp³-hybridized carbons (Fsp3) is 0.462.